The number of nitrogens with zero attached hydrogens (tertiary/aromatic N) is 1. The summed E-state index contributed by atoms with van der Waals surface area (Å²) in [5.74, 6) is 0.565. The van der Waals surface area contributed by atoms with E-state index in [1.54, 1.807) is 6.20 Å². The molecule has 1 atom stereocenters. The average molecular weight is 359 g/mol. The van der Waals surface area contributed by atoms with Gasteiger partial charge in [0.05, 0.1) is 6.04 Å². The van der Waals surface area contributed by atoms with E-state index in [-0.39, 0.29) is 5.91 Å². The summed E-state index contributed by atoms with van der Waals surface area (Å²) in [5, 5.41) is 2.90. The number of rotatable bonds is 5. The van der Waals surface area contributed by atoms with Crippen LogP contribution < -0.4 is 15.8 Å². The van der Waals surface area contributed by atoms with Gasteiger partial charge in [-0.1, -0.05) is 30.3 Å². The molecule has 5 nitrogen and oxygen atoms in total. The number of hydrogen-bond acceptors (Lipinski definition) is 4. The number of fused-ring (bicyclic) bond motifs is 3. The molecule has 136 valence electrons. The quantitative estimate of drug-likeness (QED) is 0.730. The van der Waals surface area contributed by atoms with E-state index in [1.807, 2.05) is 60.8 Å². The third-order valence-electron chi connectivity index (χ3n) is 4.75. The van der Waals surface area contributed by atoms with Crippen molar-refractivity contribution >= 4 is 11.6 Å². The molecule has 2 heterocycles. The standard InChI is InChI=1S/C22H21N3O2/c23-20(9-6-15-4-2-1-3-5-15)22(26)25-17-7-8-19-18-10-11-24-13-16(18)14-27-21(19)12-17/h1-5,7-8,10-13,20H,6,9,14,23H2,(H,25,26). The first kappa shape index (κ1) is 17.2. The van der Waals surface area contributed by atoms with Gasteiger partial charge in [-0.2, -0.15) is 0 Å². The Morgan fingerprint density at radius 2 is 2.00 bits per heavy atom. The van der Waals surface area contributed by atoms with Crippen LogP contribution in [0.4, 0.5) is 5.69 Å². The minimum atomic E-state index is -0.561. The Balaban J connectivity index is 1.42. The zero-order chi connectivity index (χ0) is 18.6. The molecule has 3 aromatic rings. The van der Waals surface area contributed by atoms with E-state index in [2.05, 4.69) is 10.3 Å². The lowest BCUT2D eigenvalue weighted by molar-refractivity contribution is -0.117. The minimum absolute atomic E-state index is 0.189. The fourth-order valence-corrected chi connectivity index (χ4v) is 3.24. The van der Waals surface area contributed by atoms with Crippen molar-refractivity contribution in [3.8, 4) is 16.9 Å². The molecule has 1 aliphatic heterocycles. The predicted molar refractivity (Wildman–Crippen MR) is 105 cm³/mol. The van der Waals surface area contributed by atoms with Gasteiger partial charge in [0.15, 0.2) is 0 Å². The van der Waals surface area contributed by atoms with Crippen LogP contribution in [0.1, 0.15) is 17.5 Å². The Kier molecular flexibility index (Phi) is 4.85. The van der Waals surface area contributed by atoms with Crippen LogP contribution in [0.15, 0.2) is 67.0 Å². The van der Waals surface area contributed by atoms with E-state index in [0.717, 1.165) is 28.9 Å². The van der Waals surface area contributed by atoms with E-state index < -0.39 is 6.04 Å². The second-order valence-electron chi connectivity index (χ2n) is 6.65. The van der Waals surface area contributed by atoms with Crippen LogP contribution in [0.25, 0.3) is 11.1 Å². The Morgan fingerprint density at radius 1 is 1.15 bits per heavy atom. The number of nitrogens with one attached hydrogen (secondary N) is 1. The maximum Gasteiger partial charge on any atom is 0.241 e. The molecule has 1 unspecified atom stereocenters. The highest BCUT2D eigenvalue weighted by atomic mass is 16.5. The van der Waals surface area contributed by atoms with Crippen molar-refractivity contribution < 1.29 is 9.53 Å². The van der Waals surface area contributed by atoms with E-state index in [4.69, 9.17) is 10.5 Å². The van der Waals surface area contributed by atoms with Gasteiger partial charge in [0, 0.05) is 35.3 Å². The molecule has 0 radical (unpaired) electrons. The van der Waals surface area contributed by atoms with Gasteiger partial charge in [-0.3, -0.25) is 9.78 Å². The average Bonchev–Trinajstić information content (AvgIpc) is 2.72. The number of aromatic nitrogens is 1. The van der Waals surface area contributed by atoms with Crippen LogP contribution in [0.5, 0.6) is 5.75 Å². The normalized spacial score (nSPS) is 13.1. The lowest BCUT2D eigenvalue weighted by Crippen LogP contribution is -2.36. The third-order valence-corrected chi connectivity index (χ3v) is 4.75. The van der Waals surface area contributed by atoms with Crippen LogP contribution in [0.2, 0.25) is 0 Å². The van der Waals surface area contributed by atoms with Crippen LogP contribution in [-0.4, -0.2) is 16.9 Å². The predicted octanol–water partition coefficient (Wildman–Crippen LogP) is 3.54. The molecule has 0 bridgehead atoms. The van der Waals surface area contributed by atoms with Gasteiger partial charge < -0.3 is 15.8 Å². The fourth-order valence-electron chi connectivity index (χ4n) is 3.24. The fraction of sp³-hybridized carbons (Fsp3) is 0.182. The van der Waals surface area contributed by atoms with Crippen molar-refractivity contribution in [3.05, 3.63) is 78.1 Å². The summed E-state index contributed by atoms with van der Waals surface area (Å²) in [6, 6.07) is 17.1. The molecule has 5 heteroatoms. The molecule has 3 N–H and O–H groups in total. The van der Waals surface area contributed by atoms with Crippen molar-refractivity contribution in [3.63, 3.8) is 0 Å². The summed E-state index contributed by atoms with van der Waals surface area (Å²) in [5.41, 5.74) is 11.1. The SMILES string of the molecule is NC(CCc1ccccc1)C(=O)Nc1ccc2c(c1)OCc1cnccc1-2. The highest BCUT2D eigenvalue weighted by molar-refractivity contribution is 5.95. The second kappa shape index (κ2) is 7.60. The first-order valence-electron chi connectivity index (χ1n) is 9.01. The van der Waals surface area contributed by atoms with Gasteiger partial charge in [-0.25, -0.2) is 0 Å². The molecule has 1 aromatic heterocycles. The molecule has 4 rings (SSSR count). The van der Waals surface area contributed by atoms with Gasteiger partial charge in [0.25, 0.3) is 0 Å². The van der Waals surface area contributed by atoms with Gasteiger partial charge in [0.1, 0.15) is 12.4 Å². The van der Waals surface area contributed by atoms with Crippen molar-refractivity contribution in [2.75, 3.05) is 5.32 Å². The third kappa shape index (κ3) is 3.83. The minimum Gasteiger partial charge on any atom is -0.488 e. The Morgan fingerprint density at radius 3 is 2.85 bits per heavy atom. The maximum absolute atomic E-state index is 12.4. The Labute approximate surface area is 158 Å². The molecule has 2 aromatic carbocycles. The monoisotopic (exact) mass is 359 g/mol. The molecule has 1 aliphatic rings. The lowest BCUT2D eigenvalue weighted by atomic mass is 9.98. The number of hydrogen-bond donors (Lipinski definition) is 2. The molecular formula is C22H21N3O2. The van der Waals surface area contributed by atoms with Crippen LogP contribution >= 0.6 is 0 Å². The molecule has 0 fully saturated rings. The number of carbonyl (C=O) groups excluding carboxylic acids is 1. The Hall–Kier alpha value is -3.18. The topological polar surface area (TPSA) is 77.2 Å². The zero-order valence-corrected chi connectivity index (χ0v) is 14.9. The zero-order valence-electron chi connectivity index (χ0n) is 14.9. The molecule has 0 saturated carbocycles. The largest absolute Gasteiger partial charge is 0.488 e. The van der Waals surface area contributed by atoms with Gasteiger partial charge in [-0.15, -0.1) is 0 Å². The summed E-state index contributed by atoms with van der Waals surface area (Å²) in [6.45, 7) is 0.476. The van der Waals surface area contributed by atoms with Crippen molar-refractivity contribution in [1.82, 2.24) is 4.98 Å². The van der Waals surface area contributed by atoms with Gasteiger partial charge in [0.2, 0.25) is 5.91 Å². The van der Waals surface area contributed by atoms with Crippen molar-refractivity contribution in [1.29, 1.82) is 0 Å². The number of pyridine rings is 1. The number of ether oxygens (including phenoxy) is 1. The molecule has 27 heavy (non-hydrogen) atoms. The summed E-state index contributed by atoms with van der Waals surface area (Å²) in [4.78, 5) is 16.6. The molecule has 1 amide bonds. The first-order valence-corrected chi connectivity index (χ1v) is 9.01. The van der Waals surface area contributed by atoms with Crippen LogP contribution in [-0.2, 0) is 17.8 Å². The smallest absolute Gasteiger partial charge is 0.241 e. The number of benzene rings is 2. The van der Waals surface area contributed by atoms with Crippen molar-refractivity contribution in [2.45, 2.75) is 25.5 Å². The second-order valence-corrected chi connectivity index (χ2v) is 6.65. The summed E-state index contributed by atoms with van der Waals surface area (Å²) >= 11 is 0. The van der Waals surface area contributed by atoms with E-state index in [1.165, 1.54) is 5.56 Å². The van der Waals surface area contributed by atoms with Crippen LogP contribution in [0, 0.1) is 0 Å². The number of amides is 1. The van der Waals surface area contributed by atoms with Crippen LogP contribution in [0.3, 0.4) is 0 Å². The molecule has 0 aliphatic carbocycles. The summed E-state index contributed by atoms with van der Waals surface area (Å²) in [6.07, 6.45) is 4.96. The number of nitrogens with two attached hydrogens (primary N) is 1. The van der Waals surface area contributed by atoms with E-state index in [0.29, 0.717) is 18.7 Å². The summed E-state index contributed by atoms with van der Waals surface area (Å²) in [7, 11) is 0. The first-order chi connectivity index (χ1) is 13.2. The number of anilines is 1. The number of carbonyl (C=O) groups is 1. The van der Waals surface area contributed by atoms with Gasteiger partial charge >= 0.3 is 0 Å². The number of aryl methyl sites for hydroxylation is 1. The molecule has 0 saturated heterocycles. The maximum atomic E-state index is 12.4. The highest BCUT2D eigenvalue weighted by Crippen LogP contribution is 2.38. The molecule has 0 spiro atoms. The highest BCUT2D eigenvalue weighted by Gasteiger charge is 2.19. The lowest BCUT2D eigenvalue weighted by Gasteiger charge is -2.21. The summed E-state index contributed by atoms with van der Waals surface area (Å²) < 4.78 is 5.82. The van der Waals surface area contributed by atoms with Crippen molar-refractivity contribution in [2.24, 2.45) is 5.73 Å². The molecular weight excluding hydrogens is 338 g/mol. The van der Waals surface area contributed by atoms with Gasteiger partial charge in [-0.05, 0) is 42.2 Å². The Bertz CT molecular complexity index is 957. The van der Waals surface area contributed by atoms with E-state index in [9.17, 15) is 4.79 Å². The van der Waals surface area contributed by atoms with E-state index >= 15 is 0 Å².